The standard InChI is InChI=1S/C14H25N3O2/c1-4-17-13(10-12(16-17)11(2)3)14(19)15-8-6-5-7-9-18/h10-11,18H,4-9H2,1-3H3,(H,15,19). The van der Waals surface area contributed by atoms with Crippen molar-refractivity contribution in [3.8, 4) is 0 Å². The van der Waals surface area contributed by atoms with Gasteiger partial charge in [0.15, 0.2) is 0 Å². The zero-order chi connectivity index (χ0) is 14.3. The monoisotopic (exact) mass is 267 g/mol. The van der Waals surface area contributed by atoms with Gasteiger partial charge in [0.1, 0.15) is 5.69 Å². The van der Waals surface area contributed by atoms with E-state index in [4.69, 9.17) is 5.11 Å². The number of carbonyl (C=O) groups excluding carboxylic acids is 1. The van der Waals surface area contributed by atoms with E-state index in [-0.39, 0.29) is 12.5 Å². The highest BCUT2D eigenvalue weighted by Crippen LogP contribution is 2.14. The van der Waals surface area contributed by atoms with Crippen LogP contribution in [0.4, 0.5) is 0 Å². The van der Waals surface area contributed by atoms with Crippen LogP contribution in [-0.4, -0.2) is 33.9 Å². The minimum atomic E-state index is -0.0646. The van der Waals surface area contributed by atoms with Crippen molar-refractivity contribution in [1.29, 1.82) is 0 Å². The van der Waals surface area contributed by atoms with Gasteiger partial charge in [0, 0.05) is 19.7 Å². The summed E-state index contributed by atoms with van der Waals surface area (Å²) in [6, 6.07) is 1.87. The van der Waals surface area contributed by atoms with E-state index in [9.17, 15) is 4.79 Å². The van der Waals surface area contributed by atoms with Gasteiger partial charge in [-0.25, -0.2) is 0 Å². The molecule has 0 aliphatic heterocycles. The fourth-order valence-corrected chi connectivity index (χ4v) is 1.85. The number of aliphatic hydroxyl groups is 1. The number of hydrogen-bond acceptors (Lipinski definition) is 3. The van der Waals surface area contributed by atoms with Crippen molar-refractivity contribution >= 4 is 5.91 Å². The second-order valence-corrected chi connectivity index (χ2v) is 4.97. The third kappa shape index (κ3) is 4.67. The van der Waals surface area contributed by atoms with Gasteiger partial charge in [-0.3, -0.25) is 9.48 Å². The van der Waals surface area contributed by atoms with Crippen LogP contribution in [0.25, 0.3) is 0 Å². The summed E-state index contributed by atoms with van der Waals surface area (Å²) in [6.45, 7) is 7.67. The molecular formula is C14H25N3O2. The molecule has 0 fully saturated rings. The number of nitrogens with zero attached hydrogens (tertiary/aromatic N) is 2. The van der Waals surface area contributed by atoms with E-state index in [2.05, 4.69) is 24.3 Å². The maximum atomic E-state index is 12.1. The Labute approximate surface area is 115 Å². The molecular weight excluding hydrogens is 242 g/mol. The summed E-state index contributed by atoms with van der Waals surface area (Å²) in [5, 5.41) is 16.0. The Bertz CT molecular complexity index is 399. The highest BCUT2D eigenvalue weighted by atomic mass is 16.2. The second kappa shape index (κ2) is 7.94. The molecule has 0 aliphatic rings. The zero-order valence-electron chi connectivity index (χ0n) is 12.1. The molecule has 0 spiro atoms. The number of aromatic nitrogens is 2. The molecule has 1 aromatic heterocycles. The Balaban J connectivity index is 2.55. The van der Waals surface area contributed by atoms with E-state index >= 15 is 0 Å². The van der Waals surface area contributed by atoms with E-state index in [1.54, 1.807) is 4.68 Å². The Morgan fingerprint density at radius 1 is 1.42 bits per heavy atom. The van der Waals surface area contributed by atoms with Crippen molar-refractivity contribution in [3.63, 3.8) is 0 Å². The normalized spacial score (nSPS) is 11.0. The molecule has 0 radical (unpaired) electrons. The third-order valence-electron chi connectivity index (χ3n) is 3.04. The second-order valence-electron chi connectivity index (χ2n) is 4.97. The summed E-state index contributed by atoms with van der Waals surface area (Å²) in [5.41, 5.74) is 1.58. The Morgan fingerprint density at radius 3 is 2.74 bits per heavy atom. The lowest BCUT2D eigenvalue weighted by molar-refractivity contribution is 0.0942. The Kier molecular flexibility index (Phi) is 6.56. The minimum Gasteiger partial charge on any atom is -0.396 e. The smallest absolute Gasteiger partial charge is 0.269 e. The van der Waals surface area contributed by atoms with Crippen molar-refractivity contribution in [2.75, 3.05) is 13.2 Å². The zero-order valence-corrected chi connectivity index (χ0v) is 12.1. The van der Waals surface area contributed by atoms with Crippen molar-refractivity contribution in [2.45, 2.75) is 52.5 Å². The van der Waals surface area contributed by atoms with E-state index in [0.717, 1.165) is 25.0 Å². The van der Waals surface area contributed by atoms with Gasteiger partial charge < -0.3 is 10.4 Å². The number of rotatable bonds is 8. The summed E-state index contributed by atoms with van der Waals surface area (Å²) >= 11 is 0. The highest BCUT2D eigenvalue weighted by molar-refractivity contribution is 5.92. The van der Waals surface area contributed by atoms with Gasteiger partial charge in [-0.1, -0.05) is 13.8 Å². The number of hydrogen-bond donors (Lipinski definition) is 2. The lowest BCUT2D eigenvalue weighted by Gasteiger charge is -2.06. The minimum absolute atomic E-state index is 0.0646. The van der Waals surface area contributed by atoms with Gasteiger partial charge in [0.2, 0.25) is 0 Å². The van der Waals surface area contributed by atoms with Crippen LogP contribution in [0.5, 0.6) is 0 Å². The molecule has 1 heterocycles. The topological polar surface area (TPSA) is 67.2 Å². The first-order chi connectivity index (χ1) is 9.10. The number of amides is 1. The van der Waals surface area contributed by atoms with Crippen molar-refractivity contribution in [1.82, 2.24) is 15.1 Å². The first-order valence-electron chi connectivity index (χ1n) is 7.07. The molecule has 1 aromatic rings. The third-order valence-corrected chi connectivity index (χ3v) is 3.04. The number of unbranched alkanes of at least 4 members (excludes halogenated alkanes) is 2. The summed E-state index contributed by atoms with van der Waals surface area (Å²) < 4.78 is 1.75. The van der Waals surface area contributed by atoms with Gasteiger partial charge in [0.05, 0.1) is 5.69 Å². The van der Waals surface area contributed by atoms with Crippen molar-refractivity contribution in [2.24, 2.45) is 0 Å². The molecule has 0 bridgehead atoms. The first kappa shape index (κ1) is 15.7. The summed E-state index contributed by atoms with van der Waals surface area (Å²) in [4.78, 5) is 12.1. The Morgan fingerprint density at radius 2 is 2.16 bits per heavy atom. The van der Waals surface area contributed by atoms with Crippen LogP contribution in [0.1, 0.15) is 62.1 Å². The van der Waals surface area contributed by atoms with Crippen LogP contribution in [0.3, 0.4) is 0 Å². The van der Waals surface area contributed by atoms with Crippen LogP contribution < -0.4 is 5.32 Å². The molecule has 0 atom stereocenters. The molecule has 0 saturated carbocycles. The molecule has 0 saturated heterocycles. The molecule has 19 heavy (non-hydrogen) atoms. The van der Waals surface area contributed by atoms with E-state index in [1.807, 2.05) is 13.0 Å². The largest absolute Gasteiger partial charge is 0.396 e. The van der Waals surface area contributed by atoms with Crippen molar-refractivity contribution < 1.29 is 9.90 Å². The van der Waals surface area contributed by atoms with Crippen LogP contribution in [0.2, 0.25) is 0 Å². The quantitative estimate of drug-likeness (QED) is 0.707. The number of nitrogens with one attached hydrogen (secondary N) is 1. The number of carbonyl (C=O) groups is 1. The van der Waals surface area contributed by atoms with Gasteiger partial charge in [-0.2, -0.15) is 5.10 Å². The maximum absolute atomic E-state index is 12.1. The van der Waals surface area contributed by atoms with E-state index < -0.39 is 0 Å². The molecule has 5 heteroatoms. The molecule has 2 N–H and O–H groups in total. The number of aliphatic hydroxyl groups excluding tert-OH is 1. The number of aryl methyl sites for hydroxylation is 1. The fourth-order valence-electron chi connectivity index (χ4n) is 1.85. The van der Waals surface area contributed by atoms with Gasteiger partial charge in [-0.15, -0.1) is 0 Å². The molecule has 1 rings (SSSR count). The average molecular weight is 267 g/mol. The van der Waals surface area contributed by atoms with Crippen LogP contribution in [-0.2, 0) is 6.54 Å². The molecule has 0 unspecified atom stereocenters. The first-order valence-corrected chi connectivity index (χ1v) is 7.07. The van der Waals surface area contributed by atoms with E-state index in [1.165, 1.54) is 0 Å². The lowest BCUT2D eigenvalue weighted by atomic mass is 10.1. The van der Waals surface area contributed by atoms with Gasteiger partial charge >= 0.3 is 0 Å². The molecule has 108 valence electrons. The van der Waals surface area contributed by atoms with Gasteiger partial charge in [-0.05, 0) is 38.2 Å². The van der Waals surface area contributed by atoms with Crippen molar-refractivity contribution in [3.05, 3.63) is 17.5 Å². The summed E-state index contributed by atoms with van der Waals surface area (Å²) in [7, 11) is 0. The fraction of sp³-hybridized carbons (Fsp3) is 0.714. The lowest BCUT2D eigenvalue weighted by Crippen LogP contribution is -2.27. The Hall–Kier alpha value is -1.36. The van der Waals surface area contributed by atoms with Gasteiger partial charge in [0.25, 0.3) is 5.91 Å². The predicted octanol–water partition coefficient (Wildman–Crippen LogP) is 1.92. The molecule has 5 nitrogen and oxygen atoms in total. The van der Waals surface area contributed by atoms with E-state index in [0.29, 0.717) is 24.7 Å². The predicted molar refractivity (Wildman–Crippen MR) is 75.3 cm³/mol. The summed E-state index contributed by atoms with van der Waals surface area (Å²) in [6.07, 6.45) is 2.62. The average Bonchev–Trinajstić information content (AvgIpc) is 2.82. The van der Waals surface area contributed by atoms with Crippen LogP contribution in [0, 0.1) is 0 Å². The maximum Gasteiger partial charge on any atom is 0.269 e. The van der Waals surface area contributed by atoms with Crippen LogP contribution >= 0.6 is 0 Å². The highest BCUT2D eigenvalue weighted by Gasteiger charge is 2.15. The van der Waals surface area contributed by atoms with Crippen LogP contribution in [0.15, 0.2) is 6.07 Å². The summed E-state index contributed by atoms with van der Waals surface area (Å²) in [5.74, 6) is 0.258. The SMILES string of the molecule is CCn1nc(C(C)C)cc1C(=O)NCCCCCO. The molecule has 1 amide bonds. The molecule has 0 aromatic carbocycles. The molecule has 0 aliphatic carbocycles.